The third kappa shape index (κ3) is 3.26. The highest BCUT2D eigenvalue weighted by molar-refractivity contribution is 9.10. The topological polar surface area (TPSA) is 59.2 Å². The summed E-state index contributed by atoms with van der Waals surface area (Å²) < 4.78 is 0.999. The largest absolute Gasteiger partial charge is 0.351 e. The van der Waals surface area contributed by atoms with E-state index in [2.05, 4.69) is 20.9 Å². The Morgan fingerprint density at radius 3 is 2.50 bits per heavy atom. The number of benzene rings is 2. The first-order chi connectivity index (χ1) is 11.5. The van der Waals surface area contributed by atoms with Crippen LogP contribution in [0.3, 0.4) is 0 Å². The van der Waals surface area contributed by atoms with Crippen LogP contribution in [0.4, 0.5) is 10.5 Å². The highest BCUT2D eigenvalue weighted by Gasteiger charge is 2.17. The molecule has 0 unspecified atom stereocenters. The minimum absolute atomic E-state index is 0.419. The molecule has 0 saturated carbocycles. The predicted octanol–water partition coefficient (Wildman–Crippen LogP) is 4.70. The van der Waals surface area contributed by atoms with Gasteiger partial charge < -0.3 is 5.73 Å². The van der Waals surface area contributed by atoms with Crippen molar-refractivity contribution < 1.29 is 4.79 Å². The molecule has 0 spiro atoms. The Labute approximate surface area is 149 Å². The van der Waals surface area contributed by atoms with E-state index in [4.69, 9.17) is 5.73 Å². The van der Waals surface area contributed by atoms with Gasteiger partial charge in [0.25, 0.3) is 0 Å². The maximum Gasteiger partial charge on any atom is 0.319 e. The summed E-state index contributed by atoms with van der Waals surface area (Å²) in [6, 6.07) is 15.2. The zero-order chi connectivity index (χ0) is 17.3. The molecular formula is C19H18BrN3O. The van der Waals surface area contributed by atoms with Gasteiger partial charge in [-0.1, -0.05) is 40.2 Å². The first-order valence-corrected chi connectivity index (χ1v) is 8.43. The zero-order valence-corrected chi connectivity index (χ0v) is 15.2. The second-order valence-corrected chi connectivity index (χ2v) is 6.69. The van der Waals surface area contributed by atoms with Crippen molar-refractivity contribution in [1.82, 2.24) is 4.98 Å². The SMILES string of the molecule is Cc1cc2c(N(Cc3ccc(Br)cc3)C(N)=O)cccc2c(C)n1. The molecule has 0 radical (unpaired) electrons. The molecule has 0 saturated heterocycles. The Balaban J connectivity index is 2.10. The predicted molar refractivity (Wildman–Crippen MR) is 101 cm³/mol. The van der Waals surface area contributed by atoms with Crippen molar-refractivity contribution in [2.45, 2.75) is 20.4 Å². The molecule has 0 aliphatic rings. The fraction of sp³-hybridized carbons (Fsp3) is 0.158. The van der Waals surface area contributed by atoms with Crippen LogP contribution in [0.2, 0.25) is 0 Å². The summed E-state index contributed by atoms with van der Waals surface area (Å²) in [7, 11) is 0. The van der Waals surface area contributed by atoms with E-state index < -0.39 is 6.03 Å². The molecule has 5 heteroatoms. The van der Waals surface area contributed by atoms with Crippen LogP contribution in [0.25, 0.3) is 10.8 Å². The number of anilines is 1. The minimum atomic E-state index is -0.475. The van der Waals surface area contributed by atoms with E-state index in [0.29, 0.717) is 6.54 Å². The van der Waals surface area contributed by atoms with E-state index in [1.807, 2.05) is 62.4 Å². The molecule has 0 aliphatic carbocycles. The Kier molecular flexibility index (Phi) is 4.53. The molecule has 1 aromatic heterocycles. The number of primary amides is 1. The lowest BCUT2D eigenvalue weighted by Gasteiger charge is -2.23. The van der Waals surface area contributed by atoms with Gasteiger partial charge in [0.05, 0.1) is 12.2 Å². The average molecular weight is 384 g/mol. The summed E-state index contributed by atoms with van der Waals surface area (Å²) in [4.78, 5) is 18.2. The molecule has 1 heterocycles. The fourth-order valence-electron chi connectivity index (χ4n) is 2.88. The lowest BCUT2D eigenvalue weighted by molar-refractivity contribution is 0.253. The zero-order valence-electron chi connectivity index (χ0n) is 13.6. The van der Waals surface area contributed by atoms with Gasteiger partial charge >= 0.3 is 6.03 Å². The number of pyridine rings is 1. The highest BCUT2D eigenvalue weighted by atomic mass is 79.9. The molecule has 2 aromatic carbocycles. The van der Waals surface area contributed by atoms with E-state index in [9.17, 15) is 4.79 Å². The number of carbonyl (C=O) groups is 1. The van der Waals surface area contributed by atoms with E-state index >= 15 is 0 Å². The third-order valence-corrected chi connectivity index (χ3v) is 4.51. The van der Waals surface area contributed by atoms with Gasteiger partial charge in [-0.15, -0.1) is 0 Å². The molecule has 0 aliphatic heterocycles. The quantitative estimate of drug-likeness (QED) is 0.712. The number of aromatic nitrogens is 1. The number of halogens is 1. The van der Waals surface area contributed by atoms with Gasteiger partial charge in [0.2, 0.25) is 0 Å². The number of carbonyl (C=O) groups excluding carboxylic acids is 1. The van der Waals surface area contributed by atoms with Gasteiger partial charge in [0.15, 0.2) is 0 Å². The normalized spacial score (nSPS) is 10.8. The van der Waals surface area contributed by atoms with Crippen LogP contribution in [0.5, 0.6) is 0 Å². The highest BCUT2D eigenvalue weighted by Crippen LogP contribution is 2.30. The van der Waals surface area contributed by atoms with E-state index in [0.717, 1.165) is 37.9 Å². The molecule has 4 nitrogen and oxygen atoms in total. The van der Waals surface area contributed by atoms with Crippen LogP contribution in [0.15, 0.2) is 53.0 Å². The summed E-state index contributed by atoms with van der Waals surface area (Å²) in [6.07, 6.45) is 0. The van der Waals surface area contributed by atoms with Crippen LogP contribution in [-0.4, -0.2) is 11.0 Å². The van der Waals surface area contributed by atoms with Crippen molar-refractivity contribution in [2.75, 3.05) is 4.90 Å². The monoisotopic (exact) mass is 383 g/mol. The van der Waals surface area contributed by atoms with E-state index in [1.165, 1.54) is 0 Å². The Morgan fingerprint density at radius 2 is 1.83 bits per heavy atom. The van der Waals surface area contributed by atoms with E-state index in [-0.39, 0.29) is 0 Å². The van der Waals surface area contributed by atoms with Gasteiger partial charge in [-0.05, 0) is 43.7 Å². The van der Waals surface area contributed by atoms with Gasteiger partial charge in [0.1, 0.15) is 0 Å². The van der Waals surface area contributed by atoms with Crippen molar-refractivity contribution >= 4 is 38.4 Å². The number of hydrogen-bond acceptors (Lipinski definition) is 2. The van der Waals surface area contributed by atoms with Crippen LogP contribution < -0.4 is 10.6 Å². The fourth-order valence-corrected chi connectivity index (χ4v) is 3.14. The molecule has 3 rings (SSSR count). The van der Waals surface area contributed by atoms with E-state index in [1.54, 1.807) is 4.90 Å². The number of nitrogens with zero attached hydrogens (tertiary/aromatic N) is 2. The average Bonchev–Trinajstić information content (AvgIpc) is 2.54. The molecule has 3 aromatic rings. The van der Waals surface area contributed by atoms with Crippen LogP contribution in [-0.2, 0) is 6.54 Å². The summed E-state index contributed by atoms with van der Waals surface area (Å²) in [6.45, 7) is 4.34. The molecule has 2 N–H and O–H groups in total. The maximum atomic E-state index is 12.1. The number of aryl methyl sites for hydroxylation is 2. The summed E-state index contributed by atoms with van der Waals surface area (Å²) in [5.74, 6) is 0. The van der Waals surface area contributed by atoms with Crippen molar-refractivity contribution in [3.63, 3.8) is 0 Å². The van der Waals surface area contributed by atoms with Crippen molar-refractivity contribution in [1.29, 1.82) is 0 Å². The molecule has 0 fully saturated rings. The number of rotatable bonds is 3. The smallest absolute Gasteiger partial charge is 0.319 e. The number of hydrogen-bond donors (Lipinski definition) is 1. The van der Waals surface area contributed by atoms with Crippen molar-refractivity contribution in [3.05, 3.63) is 70.0 Å². The summed E-state index contributed by atoms with van der Waals surface area (Å²) >= 11 is 3.42. The van der Waals surface area contributed by atoms with Gasteiger partial charge in [-0.2, -0.15) is 0 Å². The number of fused-ring (bicyclic) bond motifs is 1. The number of nitrogens with two attached hydrogens (primary N) is 1. The van der Waals surface area contributed by atoms with Gasteiger partial charge in [-0.25, -0.2) is 4.79 Å². The Bertz CT molecular complexity index is 906. The maximum absolute atomic E-state index is 12.1. The molecular weight excluding hydrogens is 366 g/mol. The Hall–Kier alpha value is -2.40. The van der Waals surface area contributed by atoms with Gasteiger partial charge in [0, 0.05) is 26.6 Å². The Morgan fingerprint density at radius 1 is 1.12 bits per heavy atom. The summed E-state index contributed by atoms with van der Waals surface area (Å²) in [5, 5.41) is 2.01. The first kappa shape index (κ1) is 16.5. The molecule has 0 bridgehead atoms. The van der Waals surface area contributed by atoms with Crippen molar-refractivity contribution in [2.24, 2.45) is 5.73 Å². The van der Waals surface area contributed by atoms with Crippen LogP contribution >= 0.6 is 15.9 Å². The van der Waals surface area contributed by atoms with Crippen molar-refractivity contribution in [3.8, 4) is 0 Å². The molecule has 0 atom stereocenters. The lowest BCUT2D eigenvalue weighted by Crippen LogP contribution is -2.35. The molecule has 122 valence electrons. The molecule has 2 amide bonds. The second-order valence-electron chi connectivity index (χ2n) is 5.77. The van der Waals surface area contributed by atoms with Crippen LogP contribution in [0.1, 0.15) is 17.0 Å². The molecule has 24 heavy (non-hydrogen) atoms. The third-order valence-electron chi connectivity index (χ3n) is 3.98. The summed E-state index contributed by atoms with van der Waals surface area (Å²) in [5.41, 5.74) is 9.35. The second kappa shape index (κ2) is 6.61. The first-order valence-electron chi connectivity index (χ1n) is 7.64. The number of urea groups is 1. The standard InChI is InChI=1S/C19H18BrN3O/c1-12-10-17-16(13(2)22-12)4-3-5-18(17)23(19(21)24)11-14-6-8-15(20)9-7-14/h3-10H,11H2,1-2H3,(H2,21,24). The lowest BCUT2D eigenvalue weighted by atomic mass is 10.1. The number of amides is 2. The van der Waals surface area contributed by atoms with Crippen LogP contribution in [0, 0.1) is 13.8 Å². The minimum Gasteiger partial charge on any atom is -0.351 e. The van der Waals surface area contributed by atoms with Gasteiger partial charge in [-0.3, -0.25) is 9.88 Å².